The zero-order valence-corrected chi connectivity index (χ0v) is 13.7. The van der Waals surface area contributed by atoms with Gasteiger partial charge in [0, 0.05) is 37.5 Å². The molecule has 2 aromatic heterocycles. The summed E-state index contributed by atoms with van der Waals surface area (Å²) in [5, 5.41) is 12.8. The zero-order chi connectivity index (χ0) is 16.2. The Kier molecular flexibility index (Phi) is 4.71. The van der Waals surface area contributed by atoms with E-state index in [4.69, 9.17) is 0 Å². The van der Waals surface area contributed by atoms with Gasteiger partial charge in [0.05, 0.1) is 11.8 Å². The van der Waals surface area contributed by atoms with Crippen molar-refractivity contribution >= 4 is 11.6 Å². The Morgan fingerprint density at radius 1 is 1.22 bits per heavy atom. The summed E-state index contributed by atoms with van der Waals surface area (Å²) in [6, 6.07) is 4.02. The normalized spacial score (nSPS) is 15.7. The second-order valence-corrected chi connectivity index (χ2v) is 5.77. The van der Waals surface area contributed by atoms with Crippen molar-refractivity contribution in [3.63, 3.8) is 0 Å². The molecule has 2 aromatic rings. The number of rotatable bonds is 4. The molecule has 3 rings (SSSR count). The number of nitrogens with one attached hydrogen (secondary N) is 1. The van der Waals surface area contributed by atoms with E-state index in [9.17, 15) is 5.11 Å². The summed E-state index contributed by atoms with van der Waals surface area (Å²) in [5.41, 5.74) is 3.12. The van der Waals surface area contributed by atoms with Crippen molar-refractivity contribution in [2.24, 2.45) is 0 Å². The second-order valence-electron chi connectivity index (χ2n) is 5.77. The van der Waals surface area contributed by atoms with Gasteiger partial charge < -0.3 is 15.3 Å². The summed E-state index contributed by atoms with van der Waals surface area (Å²) in [6.07, 6.45) is 5.71. The average molecular weight is 313 g/mol. The van der Waals surface area contributed by atoms with Crippen LogP contribution < -0.4 is 10.2 Å². The van der Waals surface area contributed by atoms with Crippen LogP contribution in [0.25, 0.3) is 11.1 Å². The Morgan fingerprint density at radius 3 is 2.61 bits per heavy atom. The molecule has 0 aliphatic carbocycles. The van der Waals surface area contributed by atoms with Gasteiger partial charge in [0.15, 0.2) is 0 Å². The highest BCUT2D eigenvalue weighted by molar-refractivity contribution is 5.78. The van der Waals surface area contributed by atoms with Crippen LogP contribution in [0.1, 0.15) is 25.5 Å². The van der Waals surface area contributed by atoms with Crippen molar-refractivity contribution < 1.29 is 5.11 Å². The third kappa shape index (κ3) is 3.27. The van der Waals surface area contributed by atoms with E-state index in [1.54, 1.807) is 6.33 Å². The molecule has 3 heterocycles. The number of anilines is 2. The number of aliphatic hydroxyl groups excluding tert-OH is 1. The molecule has 0 bridgehead atoms. The molecule has 6 nitrogen and oxygen atoms in total. The zero-order valence-electron chi connectivity index (χ0n) is 13.7. The lowest BCUT2D eigenvalue weighted by atomic mass is 10.0. The number of pyridine rings is 1. The number of nitrogens with zero attached hydrogens (tertiary/aromatic N) is 4. The van der Waals surface area contributed by atoms with Crippen LogP contribution in [0.3, 0.4) is 0 Å². The van der Waals surface area contributed by atoms with E-state index in [1.807, 2.05) is 19.3 Å². The van der Waals surface area contributed by atoms with Gasteiger partial charge in [0.1, 0.15) is 18.0 Å². The maximum absolute atomic E-state index is 9.74. The molecule has 0 radical (unpaired) electrons. The highest BCUT2D eigenvalue weighted by atomic mass is 16.3. The molecule has 0 amide bonds. The molecule has 0 atom stereocenters. The van der Waals surface area contributed by atoms with Gasteiger partial charge in [-0.1, -0.05) is 6.92 Å². The number of piperidine rings is 1. The van der Waals surface area contributed by atoms with Crippen LogP contribution in [0, 0.1) is 0 Å². The SMILES string of the molecule is CCc1ncnc(N2CCC(O)CC2)c1-c1ccc(NC)nc1. The van der Waals surface area contributed by atoms with Crippen molar-refractivity contribution in [1.82, 2.24) is 15.0 Å². The first-order valence-corrected chi connectivity index (χ1v) is 8.14. The van der Waals surface area contributed by atoms with Crippen LogP contribution in [0.2, 0.25) is 0 Å². The largest absolute Gasteiger partial charge is 0.393 e. The molecule has 1 aliphatic rings. The number of aryl methyl sites for hydroxylation is 1. The Balaban J connectivity index is 2.02. The Bertz CT molecular complexity index is 651. The third-order valence-corrected chi connectivity index (χ3v) is 4.31. The second kappa shape index (κ2) is 6.91. The molecule has 0 saturated carbocycles. The quantitative estimate of drug-likeness (QED) is 0.900. The fourth-order valence-electron chi connectivity index (χ4n) is 2.98. The monoisotopic (exact) mass is 313 g/mol. The first-order valence-electron chi connectivity index (χ1n) is 8.14. The van der Waals surface area contributed by atoms with Crippen molar-refractivity contribution in [1.29, 1.82) is 0 Å². The van der Waals surface area contributed by atoms with Gasteiger partial charge >= 0.3 is 0 Å². The fraction of sp³-hybridized carbons (Fsp3) is 0.471. The summed E-state index contributed by atoms with van der Waals surface area (Å²) >= 11 is 0. The van der Waals surface area contributed by atoms with Crippen LogP contribution in [-0.2, 0) is 6.42 Å². The van der Waals surface area contributed by atoms with Crippen molar-refractivity contribution in [2.45, 2.75) is 32.3 Å². The van der Waals surface area contributed by atoms with Gasteiger partial charge in [-0.25, -0.2) is 15.0 Å². The molecular formula is C17H23N5O. The van der Waals surface area contributed by atoms with Gasteiger partial charge in [-0.05, 0) is 31.4 Å². The number of aromatic nitrogens is 3. The summed E-state index contributed by atoms with van der Waals surface area (Å²) in [7, 11) is 1.86. The van der Waals surface area contributed by atoms with Crippen LogP contribution >= 0.6 is 0 Å². The average Bonchev–Trinajstić information content (AvgIpc) is 2.62. The number of hydrogen-bond donors (Lipinski definition) is 2. The van der Waals surface area contributed by atoms with E-state index in [2.05, 4.69) is 38.2 Å². The minimum absolute atomic E-state index is 0.196. The fourth-order valence-corrected chi connectivity index (χ4v) is 2.98. The summed E-state index contributed by atoms with van der Waals surface area (Å²) in [4.78, 5) is 15.7. The summed E-state index contributed by atoms with van der Waals surface area (Å²) < 4.78 is 0. The van der Waals surface area contributed by atoms with Gasteiger partial charge in [0.25, 0.3) is 0 Å². The highest BCUT2D eigenvalue weighted by Gasteiger charge is 2.23. The standard InChI is InChI=1S/C17H23N5O/c1-3-14-16(12-4-5-15(18-2)19-10-12)17(21-11-20-14)22-8-6-13(23)7-9-22/h4-5,10-11,13,23H,3,6-9H2,1-2H3,(H,18,19). The Labute approximate surface area is 136 Å². The van der Waals surface area contributed by atoms with Crippen LogP contribution in [0.4, 0.5) is 11.6 Å². The molecule has 122 valence electrons. The predicted octanol–water partition coefficient (Wildman–Crippen LogP) is 2.10. The van der Waals surface area contributed by atoms with Crippen molar-refractivity contribution in [2.75, 3.05) is 30.4 Å². The number of hydrogen-bond acceptors (Lipinski definition) is 6. The Hall–Kier alpha value is -2.21. The smallest absolute Gasteiger partial charge is 0.140 e. The highest BCUT2D eigenvalue weighted by Crippen LogP contribution is 2.33. The molecule has 0 aromatic carbocycles. The van der Waals surface area contributed by atoms with Gasteiger partial charge in [-0.15, -0.1) is 0 Å². The minimum Gasteiger partial charge on any atom is -0.393 e. The van der Waals surface area contributed by atoms with Gasteiger partial charge in [-0.2, -0.15) is 0 Å². The maximum Gasteiger partial charge on any atom is 0.140 e. The third-order valence-electron chi connectivity index (χ3n) is 4.31. The van der Waals surface area contributed by atoms with E-state index in [-0.39, 0.29) is 6.10 Å². The van der Waals surface area contributed by atoms with Crippen molar-refractivity contribution in [3.05, 3.63) is 30.4 Å². The van der Waals surface area contributed by atoms with E-state index in [0.29, 0.717) is 0 Å². The molecule has 23 heavy (non-hydrogen) atoms. The van der Waals surface area contributed by atoms with Gasteiger partial charge in [-0.3, -0.25) is 0 Å². The number of aliphatic hydroxyl groups is 1. The topological polar surface area (TPSA) is 74.2 Å². The summed E-state index contributed by atoms with van der Waals surface area (Å²) in [6.45, 7) is 3.73. The molecule has 1 saturated heterocycles. The lowest BCUT2D eigenvalue weighted by molar-refractivity contribution is 0.145. The molecular weight excluding hydrogens is 290 g/mol. The molecule has 6 heteroatoms. The van der Waals surface area contributed by atoms with Crippen molar-refractivity contribution in [3.8, 4) is 11.1 Å². The first-order chi connectivity index (χ1) is 11.2. The van der Waals surface area contributed by atoms with E-state index in [0.717, 1.165) is 60.8 Å². The van der Waals surface area contributed by atoms with Crippen LogP contribution in [0.5, 0.6) is 0 Å². The molecule has 1 aliphatic heterocycles. The maximum atomic E-state index is 9.74. The lowest BCUT2D eigenvalue weighted by Crippen LogP contribution is -2.36. The first kappa shape index (κ1) is 15.7. The Morgan fingerprint density at radius 2 is 2.00 bits per heavy atom. The van der Waals surface area contributed by atoms with E-state index < -0.39 is 0 Å². The van der Waals surface area contributed by atoms with E-state index >= 15 is 0 Å². The summed E-state index contributed by atoms with van der Waals surface area (Å²) in [5.74, 6) is 1.79. The van der Waals surface area contributed by atoms with Gasteiger partial charge in [0.2, 0.25) is 0 Å². The molecule has 0 unspecified atom stereocenters. The molecule has 1 fully saturated rings. The lowest BCUT2D eigenvalue weighted by Gasteiger charge is -2.32. The predicted molar refractivity (Wildman–Crippen MR) is 91.6 cm³/mol. The molecule has 0 spiro atoms. The van der Waals surface area contributed by atoms with E-state index in [1.165, 1.54) is 0 Å². The molecule has 2 N–H and O–H groups in total. The minimum atomic E-state index is -0.196. The van der Waals surface area contributed by atoms with Crippen LogP contribution in [0.15, 0.2) is 24.7 Å². The van der Waals surface area contributed by atoms with Crippen LogP contribution in [-0.4, -0.2) is 46.3 Å².